The molecule has 0 aliphatic carbocycles. The molecule has 0 saturated carbocycles. The highest BCUT2D eigenvalue weighted by Gasteiger charge is 2.43. The Bertz CT molecular complexity index is 339. The molecule has 0 aromatic carbocycles. The van der Waals surface area contributed by atoms with Crippen LogP contribution in [0.15, 0.2) is 0 Å². The fourth-order valence-electron chi connectivity index (χ4n) is 1.99. The predicted octanol–water partition coefficient (Wildman–Crippen LogP) is 1.62. The number of rotatable bonds is 3. The maximum absolute atomic E-state index is 12.0. The van der Waals surface area contributed by atoms with Crippen molar-refractivity contribution in [3.05, 3.63) is 0 Å². The van der Waals surface area contributed by atoms with Crippen LogP contribution in [0.1, 0.15) is 40.5 Å². The van der Waals surface area contributed by atoms with E-state index in [2.05, 4.69) is 0 Å². The number of hydrogen-bond acceptors (Lipinski definition) is 3. The summed E-state index contributed by atoms with van der Waals surface area (Å²) in [5.74, 6) is -0.267. The van der Waals surface area contributed by atoms with Gasteiger partial charge in [0.2, 0.25) is 11.8 Å². The number of carbonyl (C=O) groups is 3. The van der Waals surface area contributed by atoms with Gasteiger partial charge in [0, 0.05) is 12.8 Å². The third kappa shape index (κ3) is 2.48. The van der Waals surface area contributed by atoms with Crippen LogP contribution >= 0.6 is 0 Å². The Labute approximate surface area is 102 Å². The van der Waals surface area contributed by atoms with Crippen LogP contribution in [0.2, 0.25) is 0 Å². The van der Waals surface area contributed by atoms with E-state index in [9.17, 15) is 14.4 Å². The number of carbonyl (C=O) groups excluding carboxylic acids is 3. The zero-order chi connectivity index (χ0) is 13.2. The summed E-state index contributed by atoms with van der Waals surface area (Å²) >= 11 is 0. The van der Waals surface area contributed by atoms with Gasteiger partial charge in [-0.3, -0.25) is 19.4 Å². The summed E-state index contributed by atoms with van der Waals surface area (Å²) in [7, 11) is 0. The molecule has 1 aliphatic heterocycles. The van der Waals surface area contributed by atoms with Gasteiger partial charge in [0.25, 0.3) is 0 Å². The average molecular weight is 240 g/mol. The molecule has 1 fully saturated rings. The largest absolute Gasteiger partial charge is 0.333 e. The van der Waals surface area contributed by atoms with E-state index in [0.29, 0.717) is 6.54 Å². The van der Waals surface area contributed by atoms with Gasteiger partial charge in [-0.05, 0) is 5.92 Å². The van der Waals surface area contributed by atoms with Gasteiger partial charge in [-0.25, -0.2) is 4.79 Å². The van der Waals surface area contributed by atoms with Crippen molar-refractivity contribution in [2.45, 2.75) is 46.6 Å². The van der Waals surface area contributed by atoms with Crippen molar-refractivity contribution >= 4 is 17.8 Å². The van der Waals surface area contributed by atoms with Gasteiger partial charge in [-0.15, -0.1) is 0 Å². The molecule has 0 unspecified atom stereocenters. The Morgan fingerprint density at radius 3 is 2.18 bits per heavy atom. The van der Waals surface area contributed by atoms with Gasteiger partial charge < -0.3 is 0 Å². The average Bonchev–Trinajstić information content (AvgIpc) is 2.65. The highest BCUT2D eigenvalue weighted by atomic mass is 16.2. The third-order valence-electron chi connectivity index (χ3n) is 3.08. The lowest BCUT2D eigenvalue weighted by molar-refractivity contribution is -0.129. The Morgan fingerprint density at radius 2 is 1.76 bits per heavy atom. The van der Waals surface area contributed by atoms with E-state index in [1.54, 1.807) is 13.8 Å². The Balaban J connectivity index is 2.97. The summed E-state index contributed by atoms with van der Waals surface area (Å²) in [6.07, 6.45) is 0.563. The second-order valence-electron chi connectivity index (χ2n) is 4.57. The van der Waals surface area contributed by atoms with Crippen molar-refractivity contribution in [3.8, 4) is 0 Å². The first kappa shape index (κ1) is 13.7. The van der Waals surface area contributed by atoms with E-state index in [4.69, 9.17) is 0 Å². The lowest BCUT2D eigenvalue weighted by atomic mass is 10.0. The number of amides is 4. The summed E-state index contributed by atoms with van der Waals surface area (Å²) in [5, 5.41) is 0. The molecule has 0 spiro atoms. The van der Waals surface area contributed by atoms with Gasteiger partial charge in [-0.1, -0.05) is 27.7 Å². The zero-order valence-electron chi connectivity index (χ0n) is 10.9. The molecule has 1 aliphatic rings. The van der Waals surface area contributed by atoms with E-state index in [1.165, 1.54) is 9.80 Å². The van der Waals surface area contributed by atoms with Crippen molar-refractivity contribution in [3.63, 3.8) is 0 Å². The molecule has 1 saturated heterocycles. The molecule has 1 heterocycles. The van der Waals surface area contributed by atoms with Gasteiger partial charge >= 0.3 is 6.03 Å². The van der Waals surface area contributed by atoms with Crippen LogP contribution < -0.4 is 0 Å². The van der Waals surface area contributed by atoms with Crippen LogP contribution in [0.4, 0.5) is 4.79 Å². The molecular weight excluding hydrogens is 220 g/mol. The Kier molecular flexibility index (Phi) is 4.26. The van der Waals surface area contributed by atoms with Crippen molar-refractivity contribution < 1.29 is 14.4 Å². The normalized spacial score (nSPS) is 20.3. The fraction of sp³-hybridized carbons (Fsp3) is 0.750. The smallest absolute Gasteiger partial charge is 0.274 e. The number of hydrogen-bond donors (Lipinski definition) is 0. The molecule has 0 bridgehead atoms. The number of imide groups is 2. The van der Waals surface area contributed by atoms with E-state index >= 15 is 0 Å². The highest BCUT2D eigenvalue weighted by molar-refractivity contribution is 6.04. The van der Waals surface area contributed by atoms with Gasteiger partial charge in [0.15, 0.2) is 0 Å². The van der Waals surface area contributed by atoms with Crippen LogP contribution in [0.5, 0.6) is 0 Å². The topological polar surface area (TPSA) is 57.7 Å². The highest BCUT2D eigenvalue weighted by Crippen LogP contribution is 2.23. The standard InChI is InChI=1S/C12H20N2O3/c1-5-10(15)13-7-9(8(3)4)14(12(13)17)11(16)6-2/h8-9H,5-7H2,1-4H3/t9-/m1/s1. The van der Waals surface area contributed by atoms with Crippen LogP contribution in [0.25, 0.3) is 0 Å². The second kappa shape index (κ2) is 5.29. The molecule has 4 amide bonds. The molecule has 0 radical (unpaired) electrons. The van der Waals surface area contributed by atoms with Crippen LogP contribution in [-0.4, -0.2) is 40.2 Å². The lowest BCUT2D eigenvalue weighted by Gasteiger charge is -2.23. The van der Waals surface area contributed by atoms with Gasteiger partial charge in [0.05, 0.1) is 12.6 Å². The third-order valence-corrected chi connectivity index (χ3v) is 3.08. The molecule has 0 aromatic heterocycles. The minimum absolute atomic E-state index is 0.157. The molecule has 0 aromatic rings. The molecule has 1 atom stereocenters. The summed E-state index contributed by atoms with van der Waals surface area (Å²) in [5.41, 5.74) is 0. The molecule has 96 valence electrons. The van der Waals surface area contributed by atoms with Crippen LogP contribution in [0.3, 0.4) is 0 Å². The second-order valence-corrected chi connectivity index (χ2v) is 4.57. The summed E-state index contributed by atoms with van der Waals surface area (Å²) in [6, 6.07) is -0.646. The maximum Gasteiger partial charge on any atom is 0.333 e. The van der Waals surface area contributed by atoms with Crippen molar-refractivity contribution in [1.29, 1.82) is 0 Å². The maximum atomic E-state index is 12.0. The molecule has 5 heteroatoms. The van der Waals surface area contributed by atoms with Gasteiger partial charge in [-0.2, -0.15) is 0 Å². The fourth-order valence-corrected chi connectivity index (χ4v) is 1.99. The van der Waals surface area contributed by atoms with Crippen LogP contribution in [0, 0.1) is 5.92 Å². The molecule has 5 nitrogen and oxygen atoms in total. The number of urea groups is 1. The minimum Gasteiger partial charge on any atom is -0.274 e. The van der Waals surface area contributed by atoms with Crippen molar-refractivity contribution in [1.82, 2.24) is 9.80 Å². The van der Waals surface area contributed by atoms with E-state index < -0.39 is 6.03 Å². The molecule has 0 N–H and O–H groups in total. The van der Waals surface area contributed by atoms with Crippen LogP contribution in [-0.2, 0) is 9.59 Å². The quantitative estimate of drug-likeness (QED) is 0.753. The van der Waals surface area contributed by atoms with Crippen molar-refractivity contribution in [2.75, 3.05) is 6.54 Å². The zero-order valence-corrected chi connectivity index (χ0v) is 10.9. The first-order valence-corrected chi connectivity index (χ1v) is 6.10. The summed E-state index contributed by atoms with van der Waals surface area (Å²) in [4.78, 5) is 37.9. The van der Waals surface area contributed by atoms with E-state index in [1.807, 2.05) is 13.8 Å². The first-order valence-electron chi connectivity index (χ1n) is 6.10. The number of nitrogens with zero attached hydrogens (tertiary/aromatic N) is 2. The monoisotopic (exact) mass is 240 g/mol. The predicted molar refractivity (Wildman–Crippen MR) is 63.2 cm³/mol. The van der Waals surface area contributed by atoms with Gasteiger partial charge in [0.1, 0.15) is 0 Å². The Morgan fingerprint density at radius 1 is 1.24 bits per heavy atom. The molecule has 17 heavy (non-hydrogen) atoms. The van der Waals surface area contributed by atoms with E-state index in [-0.39, 0.29) is 36.6 Å². The molecule has 1 rings (SSSR count). The SMILES string of the molecule is CCC(=O)N1C[C@H](C(C)C)N(C(=O)CC)C1=O. The lowest BCUT2D eigenvalue weighted by Crippen LogP contribution is -2.42. The molecular formula is C12H20N2O3. The summed E-state index contributed by atoms with van der Waals surface area (Å²) < 4.78 is 0. The summed E-state index contributed by atoms with van der Waals surface area (Å²) in [6.45, 7) is 7.66. The minimum atomic E-state index is -0.456. The first-order chi connectivity index (χ1) is 7.93. The van der Waals surface area contributed by atoms with E-state index in [0.717, 1.165) is 0 Å². The van der Waals surface area contributed by atoms with Crippen molar-refractivity contribution in [2.24, 2.45) is 5.92 Å². The Hall–Kier alpha value is -1.39.